The summed E-state index contributed by atoms with van der Waals surface area (Å²) >= 11 is 0. The molecule has 1 rings (SSSR count). The Morgan fingerprint density at radius 1 is 1.91 bits per heavy atom. The van der Waals surface area contributed by atoms with Gasteiger partial charge in [0, 0.05) is 18.8 Å². The van der Waals surface area contributed by atoms with Gasteiger partial charge in [0.1, 0.15) is 12.2 Å². The highest BCUT2D eigenvalue weighted by molar-refractivity contribution is 5.65. The minimum absolute atomic E-state index is 0.608. The van der Waals surface area contributed by atoms with Gasteiger partial charge in [-0.15, -0.1) is 0 Å². The maximum atomic E-state index is 10.3. The molecule has 1 aromatic rings. The van der Waals surface area contributed by atoms with Crippen molar-refractivity contribution in [3.05, 3.63) is 18.0 Å². The lowest BCUT2D eigenvalue weighted by atomic mass is 10.1. The van der Waals surface area contributed by atoms with E-state index in [4.69, 9.17) is 5.26 Å². The standard InChI is InChI=1S/C7H7N3O/c1-10-4-7(3-9-10)6(2-8)5-11/h3-6H,1H3/t6-/m0/s1. The second-order valence-electron chi connectivity index (χ2n) is 2.19. The molecule has 11 heavy (non-hydrogen) atoms. The van der Waals surface area contributed by atoms with Gasteiger partial charge in [-0.2, -0.15) is 10.4 Å². The third-order valence-corrected chi connectivity index (χ3v) is 1.36. The summed E-state index contributed by atoms with van der Waals surface area (Å²) in [4.78, 5) is 10.3. The molecule has 0 spiro atoms. The topological polar surface area (TPSA) is 58.7 Å². The fourth-order valence-electron chi connectivity index (χ4n) is 0.784. The molecule has 0 N–H and O–H groups in total. The van der Waals surface area contributed by atoms with Gasteiger partial charge < -0.3 is 4.79 Å². The molecule has 0 radical (unpaired) electrons. The molecule has 0 unspecified atom stereocenters. The first-order chi connectivity index (χ1) is 5.27. The van der Waals surface area contributed by atoms with Crippen molar-refractivity contribution < 1.29 is 4.79 Å². The van der Waals surface area contributed by atoms with E-state index in [1.807, 2.05) is 6.07 Å². The first kappa shape index (κ1) is 7.48. The number of carbonyl (C=O) groups is 1. The zero-order chi connectivity index (χ0) is 8.27. The number of aromatic nitrogens is 2. The van der Waals surface area contributed by atoms with Crippen LogP contribution in [0.15, 0.2) is 12.4 Å². The summed E-state index contributed by atoms with van der Waals surface area (Å²) < 4.78 is 1.56. The van der Waals surface area contributed by atoms with Crippen LogP contribution in [0.3, 0.4) is 0 Å². The SMILES string of the molecule is Cn1cc([C@@H](C#N)C=O)cn1. The summed E-state index contributed by atoms with van der Waals surface area (Å²) in [6, 6.07) is 1.86. The molecule has 0 amide bonds. The van der Waals surface area contributed by atoms with Crippen molar-refractivity contribution in [3.8, 4) is 6.07 Å². The molecule has 0 saturated heterocycles. The van der Waals surface area contributed by atoms with E-state index in [0.29, 0.717) is 11.8 Å². The third kappa shape index (κ3) is 1.44. The largest absolute Gasteiger partial charge is 0.302 e. The quantitative estimate of drug-likeness (QED) is 0.565. The maximum Gasteiger partial charge on any atom is 0.141 e. The molecule has 0 aliphatic carbocycles. The van der Waals surface area contributed by atoms with Crippen molar-refractivity contribution >= 4 is 6.29 Å². The summed E-state index contributed by atoms with van der Waals surface area (Å²) in [6.45, 7) is 0. The molecule has 0 aliphatic heterocycles. The number of nitrogens with zero attached hydrogens (tertiary/aromatic N) is 3. The van der Waals surface area contributed by atoms with E-state index in [1.165, 1.54) is 6.20 Å². The van der Waals surface area contributed by atoms with E-state index in [9.17, 15) is 4.79 Å². The Kier molecular flexibility index (Phi) is 2.02. The Hall–Kier alpha value is -1.63. The molecule has 4 heteroatoms. The van der Waals surface area contributed by atoms with E-state index in [0.717, 1.165) is 0 Å². The summed E-state index contributed by atoms with van der Waals surface area (Å²) in [6.07, 6.45) is 3.78. The van der Waals surface area contributed by atoms with E-state index in [-0.39, 0.29) is 0 Å². The zero-order valence-electron chi connectivity index (χ0n) is 6.06. The lowest BCUT2D eigenvalue weighted by Crippen LogP contribution is -1.94. The van der Waals surface area contributed by atoms with E-state index >= 15 is 0 Å². The number of aryl methyl sites for hydroxylation is 1. The van der Waals surface area contributed by atoms with Gasteiger partial charge in [-0.25, -0.2) is 0 Å². The lowest BCUT2D eigenvalue weighted by Gasteiger charge is -1.91. The minimum Gasteiger partial charge on any atom is -0.302 e. The van der Waals surface area contributed by atoms with Crippen LogP contribution in [0.1, 0.15) is 11.5 Å². The predicted molar refractivity (Wildman–Crippen MR) is 37.6 cm³/mol. The fraction of sp³-hybridized carbons (Fsp3) is 0.286. The first-order valence-corrected chi connectivity index (χ1v) is 3.11. The highest BCUT2D eigenvalue weighted by Gasteiger charge is 2.09. The average Bonchev–Trinajstić information content (AvgIpc) is 2.39. The molecule has 1 heterocycles. The van der Waals surface area contributed by atoms with Crippen LogP contribution in [0.4, 0.5) is 0 Å². The predicted octanol–water partition coefficient (Wildman–Crippen LogP) is 0.226. The van der Waals surface area contributed by atoms with Crippen LogP contribution >= 0.6 is 0 Å². The zero-order valence-corrected chi connectivity index (χ0v) is 6.06. The van der Waals surface area contributed by atoms with Gasteiger partial charge in [0.15, 0.2) is 0 Å². The molecular weight excluding hydrogens is 142 g/mol. The molecule has 0 fully saturated rings. The molecule has 0 bridgehead atoms. The lowest BCUT2D eigenvalue weighted by molar-refractivity contribution is -0.108. The Labute approximate surface area is 64.1 Å². The van der Waals surface area contributed by atoms with Gasteiger partial charge in [-0.05, 0) is 0 Å². The van der Waals surface area contributed by atoms with Crippen LogP contribution in [-0.4, -0.2) is 16.1 Å². The van der Waals surface area contributed by atoms with Crippen LogP contribution in [0.2, 0.25) is 0 Å². The van der Waals surface area contributed by atoms with Crippen molar-refractivity contribution in [1.29, 1.82) is 5.26 Å². The molecule has 0 saturated carbocycles. The molecule has 1 atom stereocenters. The highest BCUT2D eigenvalue weighted by Crippen LogP contribution is 2.09. The molecule has 56 valence electrons. The average molecular weight is 149 g/mol. The van der Waals surface area contributed by atoms with Gasteiger partial charge >= 0.3 is 0 Å². The van der Waals surface area contributed by atoms with Crippen LogP contribution < -0.4 is 0 Å². The summed E-state index contributed by atoms with van der Waals surface area (Å²) in [5.74, 6) is -0.677. The van der Waals surface area contributed by atoms with E-state index < -0.39 is 5.92 Å². The summed E-state index contributed by atoms with van der Waals surface area (Å²) in [5, 5.41) is 12.3. The van der Waals surface area contributed by atoms with Crippen molar-refractivity contribution in [1.82, 2.24) is 9.78 Å². The number of carbonyl (C=O) groups excluding carboxylic acids is 1. The van der Waals surface area contributed by atoms with Crippen molar-refractivity contribution in [3.63, 3.8) is 0 Å². The van der Waals surface area contributed by atoms with Gasteiger partial charge in [0.25, 0.3) is 0 Å². The number of aldehydes is 1. The molecule has 4 nitrogen and oxygen atoms in total. The van der Waals surface area contributed by atoms with Gasteiger partial charge in [-0.1, -0.05) is 0 Å². The second kappa shape index (κ2) is 2.97. The van der Waals surface area contributed by atoms with Crippen molar-refractivity contribution in [2.75, 3.05) is 0 Å². The Morgan fingerprint density at radius 3 is 3.00 bits per heavy atom. The smallest absolute Gasteiger partial charge is 0.141 e. The monoisotopic (exact) mass is 149 g/mol. The van der Waals surface area contributed by atoms with E-state index in [1.54, 1.807) is 17.9 Å². The van der Waals surface area contributed by atoms with Crippen LogP contribution in [0.25, 0.3) is 0 Å². The summed E-state index contributed by atoms with van der Waals surface area (Å²) in [5.41, 5.74) is 0.644. The molecular formula is C7H7N3O. The first-order valence-electron chi connectivity index (χ1n) is 3.11. The van der Waals surface area contributed by atoms with E-state index in [2.05, 4.69) is 5.10 Å². The number of hydrogen-bond donors (Lipinski definition) is 0. The Bertz CT molecular complexity index is 297. The van der Waals surface area contributed by atoms with Gasteiger partial charge in [-0.3, -0.25) is 4.68 Å². The van der Waals surface area contributed by atoms with Crippen molar-refractivity contribution in [2.24, 2.45) is 7.05 Å². The fourth-order valence-corrected chi connectivity index (χ4v) is 0.784. The normalized spacial score (nSPS) is 12.0. The van der Waals surface area contributed by atoms with Gasteiger partial charge in [0.2, 0.25) is 0 Å². The highest BCUT2D eigenvalue weighted by atomic mass is 16.1. The number of hydrogen-bond acceptors (Lipinski definition) is 3. The molecule has 0 aromatic carbocycles. The van der Waals surface area contributed by atoms with Crippen molar-refractivity contribution in [2.45, 2.75) is 5.92 Å². The Morgan fingerprint density at radius 2 is 2.64 bits per heavy atom. The minimum atomic E-state index is -0.677. The summed E-state index contributed by atoms with van der Waals surface area (Å²) in [7, 11) is 1.74. The van der Waals surface area contributed by atoms with Gasteiger partial charge in [0.05, 0.1) is 12.3 Å². The molecule has 0 aliphatic rings. The number of rotatable bonds is 2. The van der Waals surface area contributed by atoms with Crippen LogP contribution in [0, 0.1) is 11.3 Å². The Balaban J connectivity index is 2.92. The number of nitriles is 1. The molecule has 1 aromatic heterocycles. The maximum absolute atomic E-state index is 10.3. The van der Waals surface area contributed by atoms with Crippen LogP contribution in [0.5, 0.6) is 0 Å². The third-order valence-electron chi connectivity index (χ3n) is 1.36. The second-order valence-corrected chi connectivity index (χ2v) is 2.19. The van der Waals surface area contributed by atoms with Crippen LogP contribution in [-0.2, 0) is 11.8 Å².